The summed E-state index contributed by atoms with van der Waals surface area (Å²) in [4.78, 5) is 7.30. The molecule has 1 heterocycles. The van der Waals surface area contributed by atoms with Crippen molar-refractivity contribution in [2.24, 2.45) is 10.9 Å². The molecule has 2 aliphatic rings. The zero-order valence-electron chi connectivity index (χ0n) is 19.4. The number of anilines is 1. The van der Waals surface area contributed by atoms with Crippen LogP contribution in [-0.4, -0.2) is 75.6 Å². The number of nitrogens with zero attached hydrogens (tertiary/aromatic N) is 2. The van der Waals surface area contributed by atoms with Crippen molar-refractivity contribution in [3.63, 3.8) is 0 Å². The molecule has 7 heteroatoms. The van der Waals surface area contributed by atoms with E-state index < -0.39 is 0 Å². The smallest absolute Gasteiger partial charge is 0.195 e. The monoisotopic (exact) mass is 432 g/mol. The number of aliphatic imine (C=N–C) groups is 1. The van der Waals surface area contributed by atoms with Gasteiger partial charge in [0.2, 0.25) is 0 Å². The highest BCUT2D eigenvalue weighted by atomic mass is 16.5. The fraction of sp³-hybridized carbons (Fsp3) is 0.708. The number of nitrogens with one attached hydrogen (secondary N) is 2. The second-order valence-corrected chi connectivity index (χ2v) is 8.80. The largest absolute Gasteiger partial charge is 0.491 e. The lowest BCUT2D eigenvalue weighted by molar-refractivity contribution is 0.0220. The topological polar surface area (TPSA) is 67.4 Å². The minimum atomic E-state index is 0.168. The Balaban J connectivity index is 1.50. The maximum Gasteiger partial charge on any atom is 0.195 e. The van der Waals surface area contributed by atoms with E-state index in [1.165, 1.54) is 12.8 Å². The number of morpholine rings is 1. The number of hydrogen-bond acceptors (Lipinski definition) is 5. The molecular formula is C24H40N4O3. The van der Waals surface area contributed by atoms with E-state index in [9.17, 15) is 0 Å². The normalized spacial score (nSPS) is 18.8. The molecule has 2 fully saturated rings. The van der Waals surface area contributed by atoms with Gasteiger partial charge in [0, 0.05) is 44.6 Å². The number of ether oxygens (including phenoxy) is 3. The highest BCUT2D eigenvalue weighted by molar-refractivity contribution is 5.93. The summed E-state index contributed by atoms with van der Waals surface area (Å²) < 4.78 is 17.0. The van der Waals surface area contributed by atoms with E-state index in [4.69, 9.17) is 19.2 Å². The molecule has 1 saturated carbocycles. The fourth-order valence-corrected chi connectivity index (χ4v) is 3.44. The lowest BCUT2D eigenvalue weighted by atomic mass is 10.2. The van der Waals surface area contributed by atoms with Crippen LogP contribution in [0, 0.1) is 5.92 Å². The molecule has 1 aliphatic heterocycles. The van der Waals surface area contributed by atoms with Crippen molar-refractivity contribution in [2.75, 3.05) is 57.9 Å². The average molecular weight is 433 g/mol. The zero-order chi connectivity index (χ0) is 21.9. The lowest BCUT2D eigenvalue weighted by Crippen LogP contribution is -2.44. The predicted octanol–water partition coefficient (Wildman–Crippen LogP) is 3.37. The first-order chi connectivity index (χ1) is 15.1. The predicted molar refractivity (Wildman–Crippen MR) is 126 cm³/mol. The molecule has 1 saturated heterocycles. The van der Waals surface area contributed by atoms with Gasteiger partial charge in [-0.2, -0.15) is 0 Å². The summed E-state index contributed by atoms with van der Waals surface area (Å²) in [6, 6.07) is 8.41. The molecule has 31 heavy (non-hydrogen) atoms. The highest BCUT2D eigenvalue weighted by Gasteiger charge is 2.21. The third-order valence-corrected chi connectivity index (χ3v) is 5.48. The summed E-state index contributed by atoms with van der Waals surface area (Å²) in [7, 11) is 0. The third kappa shape index (κ3) is 9.46. The van der Waals surface area contributed by atoms with Crippen LogP contribution in [0.5, 0.6) is 5.75 Å². The van der Waals surface area contributed by atoms with Crippen LogP contribution in [0.15, 0.2) is 29.3 Å². The molecule has 2 N–H and O–H groups in total. The van der Waals surface area contributed by atoms with Gasteiger partial charge in [0.15, 0.2) is 5.96 Å². The molecule has 1 unspecified atom stereocenters. The van der Waals surface area contributed by atoms with E-state index in [-0.39, 0.29) is 6.10 Å². The molecule has 0 aromatic heterocycles. The Morgan fingerprint density at radius 3 is 2.58 bits per heavy atom. The van der Waals surface area contributed by atoms with E-state index in [1.807, 2.05) is 38.1 Å². The molecule has 0 amide bonds. The second kappa shape index (κ2) is 12.9. The summed E-state index contributed by atoms with van der Waals surface area (Å²) in [6.07, 6.45) is 3.80. The van der Waals surface area contributed by atoms with Gasteiger partial charge in [-0.05, 0) is 70.2 Å². The Morgan fingerprint density at radius 1 is 1.16 bits per heavy atom. The molecule has 3 rings (SSSR count). The molecule has 0 spiro atoms. The van der Waals surface area contributed by atoms with Crippen LogP contribution in [0.2, 0.25) is 0 Å². The van der Waals surface area contributed by atoms with Crippen molar-refractivity contribution in [2.45, 2.75) is 52.2 Å². The Bertz CT molecular complexity index is 655. The van der Waals surface area contributed by atoms with Gasteiger partial charge in [-0.25, -0.2) is 0 Å². The van der Waals surface area contributed by atoms with Crippen molar-refractivity contribution in [3.05, 3.63) is 24.3 Å². The van der Waals surface area contributed by atoms with Crippen LogP contribution >= 0.6 is 0 Å². The van der Waals surface area contributed by atoms with Gasteiger partial charge in [-0.1, -0.05) is 0 Å². The summed E-state index contributed by atoms with van der Waals surface area (Å²) in [6.45, 7) is 13.1. The van der Waals surface area contributed by atoms with Gasteiger partial charge >= 0.3 is 0 Å². The van der Waals surface area contributed by atoms with Gasteiger partial charge in [0.05, 0.1) is 25.9 Å². The zero-order valence-corrected chi connectivity index (χ0v) is 19.4. The highest BCUT2D eigenvalue weighted by Crippen LogP contribution is 2.28. The standard InChI is InChI=1S/C24H40N4O3/c1-19(2)31-23-9-7-22(8-10-23)27-24(25-11-4-14-30-18-21-5-6-21)26-17-20(3)28-12-15-29-16-13-28/h7-10,19-21H,4-6,11-18H2,1-3H3,(H2,25,26,27). The van der Waals surface area contributed by atoms with Crippen molar-refractivity contribution in [1.29, 1.82) is 0 Å². The second-order valence-electron chi connectivity index (χ2n) is 8.80. The Labute approximate surface area is 187 Å². The minimum absolute atomic E-state index is 0.168. The number of guanidine groups is 1. The summed E-state index contributed by atoms with van der Waals surface area (Å²) >= 11 is 0. The van der Waals surface area contributed by atoms with Gasteiger partial charge < -0.3 is 24.8 Å². The Morgan fingerprint density at radius 2 is 1.90 bits per heavy atom. The summed E-state index contributed by atoms with van der Waals surface area (Å²) in [5, 5.41) is 6.90. The Kier molecular flexibility index (Phi) is 9.90. The van der Waals surface area contributed by atoms with E-state index in [1.54, 1.807) is 0 Å². The van der Waals surface area contributed by atoms with E-state index in [0.29, 0.717) is 6.04 Å². The lowest BCUT2D eigenvalue weighted by Gasteiger charge is -2.31. The minimum Gasteiger partial charge on any atom is -0.491 e. The third-order valence-electron chi connectivity index (χ3n) is 5.48. The first-order valence-corrected chi connectivity index (χ1v) is 11.8. The molecule has 174 valence electrons. The van der Waals surface area contributed by atoms with Crippen LogP contribution in [-0.2, 0) is 9.47 Å². The first kappa shape index (κ1) is 23.8. The van der Waals surface area contributed by atoms with Gasteiger partial charge in [-0.15, -0.1) is 0 Å². The molecule has 1 atom stereocenters. The van der Waals surface area contributed by atoms with Crippen LogP contribution in [0.3, 0.4) is 0 Å². The molecule has 1 aromatic rings. The summed E-state index contributed by atoms with van der Waals surface area (Å²) in [5.41, 5.74) is 0.992. The first-order valence-electron chi connectivity index (χ1n) is 11.8. The van der Waals surface area contributed by atoms with Gasteiger partial charge in [-0.3, -0.25) is 9.89 Å². The van der Waals surface area contributed by atoms with Crippen molar-refractivity contribution in [1.82, 2.24) is 10.2 Å². The molecule has 7 nitrogen and oxygen atoms in total. The summed E-state index contributed by atoms with van der Waals surface area (Å²) in [5.74, 6) is 2.50. The number of hydrogen-bond donors (Lipinski definition) is 2. The van der Waals surface area contributed by atoms with Gasteiger partial charge in [0.25, 0.3) is 0 Å². The maximum atomic E-state index is 5.75. The molecule has 0 bridgehead atoms. The molecule has 1 aromatic carbocycles. The average Bonchev–Trinajstić information content (AvgIpc) is 3.60. The van der Waals surface area contributed by atoms with Crippen LogP contribution in [0.1, 0.15) is 40.0 Å². The number of benzene rings is 1. The van der Waals surface area contributed by atoms with Crippen molar-refractivity contribution < 1.29 is 14.2 Å². The quantitative estimate of drug-likeness (QED) is 0.300. The SMILES string of the molecule is CC(C)Oc1ccc(NC(=NCC(C)N2CCOCC2)NCCCOCC2CC2)cc1. The maximum absolute atomic E-state index is 5.75. The van der Waals surface area contributed by atoms with Crippen molar-refractivity contribution >= 4 is 11.6 Å². The molecule has 1 aliphatic carbocycles. The van der Waals surface area contributed by atoms with Crippen LogP contribution in [0.25, 0.3) is 0 Å². The fourth-order valence-electron chi connectivity index (χ4n) is 3.44. The van der Waals surface area contributed by atoms with Gasteiger partial charge in [0.1, 0.15) is 5.75 Å². The van der Waals surface area contributed by atoms with Crippen LogP contribution in [0.4, 0.5) is 5.69 Å². The van der Waals surface area contributed by atoms with Crippen molar-refractivity contribution in [3.8, 4) is 5.75 Å². The van der Waals surface area contributed by atoms with E-state index in [2.05, 4.69) is 22.5 Å². The molecular weight excluding hydrogens is 392 g/mol. The molecule has 0 radical (unpaired) electrons. The van der Waals surface area contributed by atoms with Crippen LogP contribution < -0.4 is 15.4 Å². The van der Waals surface area contributed by atoms with E-state index in [0.717, 1.165) is 82.3 Å². The number of rotatable bonds is 12. The Hall–Kier alpha value is -1.83. The van der Waals surface area contributed by atoms with E-state index >= 15 is 0 Å².